The summed E-state index contributed by atoms with van der Waals surface area (Å²) < 4.78 is 0. The van der Waals surface area contributed by atoms with Gasteiger partial charge < -0.3 is 14.9 Å². The lowest BCUT2D eigenvalue weighted by atomic mass is 9.69. The smallest absolute Gasteiger partial charge is 0.0636 e. The van der Waals surface area contributed by atoms with Crippen molar-refractivity contribution >= 4 is 5.69 Å². The van der Waals surface area contributed by atoms with E-state index in [-0.39, 0.29) is 6.10 Å². The molecule has 2 heterocycles. The zero-order chi connectivity index (χ0) is 13.1. The fourth-order valence-corrected chi connectivity index (χ4v) is 4.60. The number of hydrogen-bond acceptors (Lipinski definition) is 3. The minimum atomic E-state index is -0.167. The maximum atomic E-state index is 10.5. The van der Waals surface area contributed by atoms with Crippen molar-refractivity contribution in [2.75, 3.05) is 32.1 Å². The zero-order valence-corrected chi connectivity index (χ0v) is 11.7. The van der Waals surface area contributed by atoms with Crippen LogP contribution in [0.25, 0.3) is 0 Å². The van der Waals surface area contributed by atoms with Gasteiger partial charge >= 0.3 is 0 Å². The molecule has 3 aliphatic rings. The van der Waals surface area contributed by atoms with Gasteiger partial charge in [0.25, 0.3) is 0 Å². The molecular weight excluding hydrogens is 236 g/mol. The van der Waals surface area contributed by atoms with E-state index in [2.05, 4.69) is 42.1 Å². The predicted molar refractivity (Wildman–Crippen MR) is 76.9 cm³/mol. The van der Waals surface area contributed by atoms with Gasteiger partial charge in [0, 0.05) is 43.7 Å². The Labute approximate surface area is 114 Å². The minimum absolute atomic E-state index is 0.167. The summed E-state index contributed by atoms with van der Waals surface area (Å²) in [6, 6.07) is 7.17. The van der Waals surface area contributed by atoms with Crippen LogP contribution in [0.4, 0.5) is 5.69 Å². The topological polar surface area (TPSA) is 26.7 Å². The number of likely N-dealkylation sites (N-methyl/N-ethyl adjacent to an activating group) is 2. The maximum Gasteiger partial charge on any atom is 0.0636 e. The molecule has 1 fully saturated rings. The van der Waals surface area contributed by atoms with E-state index in [1.165, 1.54) is 23.2 Å². The van der Waals surface area contributed by atoms with Crippen molar-refractivity contribution in [3.05, 3.63) is 29.3 Å². The van der Waals surface area contributed by atoms with Crippen molar-refractivity contribution in [1.82, 2.24) is 4.90 Å². The van der Waals surface area contributed by atoms with Crippen LogP contribution in [0.5, 0.6) is 0 Å². The molecule has 1 saturated heterocycles. The minimum Gasteiger partial charge on any atom is -0.392 e. The van der Waals surface area contributed by atoms with Crippen LogP contribution < -0.4 is 4.90 Å². The molecule has 0 saturated carbocycles. The number of fused-ring (bicyclic) bond motifs is 2. The van der Waals surface area contributed by atoms with Gasteiger partial charge in [-0.1, -0.05) is 12.1 Å². The van der Waals surface area contributed by atoms with Crippen molar-refractivity contribution in [3.63, 3.8) is 0 Å². The first-order chi connectivity index (χ1) is 9.16. The second-order valence-corrected chi connectivity index (χ2v) is 6.52. The summed E-state index contributed by atoms with van der Waals surface area (Å²) >= 11 is 0. The third-order valence-corrected chi connectivity index (χ3v) is 5.49. The van der Waals surface area contributed by atoms with Gasteiger partial charge in [0.2, 0.25) is 0 Å². The molecule has 1 unspecified atom stereocenters. The van der Waals surface area contributed by atoms with Crippen LogP contribution >= 0.6 is 0 Å². The van der Waals surface area contributed by atoms with E-state index < -0.39 is 0 Å². The number of aliphatic hydroxyl groups is 1. The molecule has 3 nitrogen and oxygen atoms in total. The van der Waals surface area contributed by atoms with Crippen LogP contribution in [0.15, 0.2) is 18.2 Å². The van der Waals surface area contributed by atoms with Crippen molar-refractivity contribution in [2.45, 2.75) is 36.8 Å². The standard InChI is InChI=1S/C16H22N2O/c1-17-7-6-14(19)16-11-4-3-5-12-15(11)10(8-13(16)17)9-18(12)2/h3-5,10,13-14,16,19H,6-9H2,1-2H3/t10-,13+,14?,16-/m1/s1. The number of aliphatic hydroxyl groups excluding tert-OH is 1. The van der Waals surface area contributed by atoms with Gasteiger partial charge in [-0.2, -0.15) is 0 Å². The van der Waals surface area contributed by atoms with E-state index in [0.29, 0.717) is 17.9 Å². The number of rotatable bonds is 0. The van der Waals surface area contributed by atoms with Gasteiger partial charge in [-0.05, 0) is 37.1 Å². The highest BCUT2D eigenvalue weighted by Gasteiger charge is 2.46. The van der Waals surface area contributed by atoms with E-state index in [1.54, 1.807) is 0 Å². The van der Waals surface area contributed by atoms with Gasteiger partial charge in [-0.3, -0.25) is 0 Å². The summed E-state index contributed by atoms with van der Waals surface area (Å²) in [6.07, 6.45) is 1.94. The van der Waals surface area contributed by atoms with Gasteiger partial charge in [-0.25, -0.2) is 0 Å². The number of benzene rings is 1. The fourth-order valence-electron chi connectivity index (χ4n) is 4.60. The lowest BCUT2D eigenvalue weighted by molar-refractivity contribution is 0.0203. The second kappa shape index (κ2) is 3.97. The molecule has 0 bridgehead atoms. The first-order valence-electron chi connectivity index (χ1n) is 7.39. The van der Waals surface area contributed by atoms with Crippen LogP contribution in [0.1, 0.15) is 35.8 Å². The molecule has 0 radical (unpaired) electrons. The average molecular weight is 258 g/mol. The van der Waals surface area contributed by atoms with Gasteiger partial charge in [0.05, 0.1) is 6.10 Å². The summed E-state index contributed by atoms with van der Waals surface area (Å²) in [4.78, 5) is 4.85. The maximum absolute atomic E-state index is 10.5. The molecule has 1 aliphatic carbocycles. The molecule has 1 N–H and O–H groups in total. The van der Waals surface area contributed by atoms with Crippen molar-refractivity contribution in [3.8, 4) is 0 Å². The molecule has 4 rings (SSSR count). The Hall–Kier alpha value is -1.06. The third kappa shape index (κ3) is 1.52. The van der Waals surface area contributed by atoms with Crippen LogP contribution in [0.2, 0.25) is 0 Å². The first kappa shape index (κ1) is 11.7. The summed E-state index contributed by atoms with van der Waals surface area (Å²) in [5, 5.41) is 10.5. The van der Waals surface area contributed by atoms with Gasteiger partial charge in [-0.15, -0.1) is 0 Å². The molecule has 0 amide bonds. The molecule has 19 heavy (non-hydrogen) atoms. The lowest BCUT2D eigenvalue weighted by Gasteiger charge is -2.47. The molecule has 102 valence electrons. The number of anilines is 1. The van der Waals surface area contributed by atoms with Gasteiger partial charge in [0.15, 0.2) is 0 Å². The summed E-state index contributed by atoms with van der Waals surface area (Å²) in [7, 11) is 4.41. The van der Waals surface area contributed by atoms with Crippen LogP contribution in [0, 0.1) is 0 Å². The van der Waals surface area contributed by atoms with E-state index >= 15 is 0 Å². The Bertz CT molecular complexity index is 515. The molecule has 1 aromatic carbocycles. The number of hydrogen-bond donors (Lipinski definition) is 1. The molecule has 1 aromatic rings. The molecular formula is C16H22N2O. The molecule has 2 aliphatic heterocycles. The fraction of sp³-hybridized carbons (Fsp3) is 0.625. The summed E-state index contributed by atoms with van der Waals surface area (Å²) in [5.41, 5.74) is 4.34. The van der Waals surface area contributed by atoms with E-state index in [9.17, 15) is 5.11 Å². The highest BCUT2D eigenvalue weighted by Crippen LogP contribution is 2.51. The highest BCUT2D eigenvalue weighted by atomic mass is 16.3. The van der Waals surface area contributed by atoms with Crippen molar-refractivity contribution < 1.29 is 5.11 Å². The monoisotopic (exact) mass is 258 g/mol. The third-order valence-electron chi connectivity index (χ3n) is 5.49. The van der Waals surface area contributed by atoms with E-state index in [1.807, 2.05) is 0 Å². The van der Waals surface area contributed by atoms with Crippen LogP contribution in [0.3, 0.4) is 0 Å². The summed E-state index contributed by atoms with van der Waals surface area (Å²) in [6.45, 7) is 2.17. The van der Waals surface area contributed by atoms with Crippen molar-refractivity contribution in [2.24, 2.45) is 0 Å². The summed E-state index contributed by atoms with van der Waals surface area (Å²) in [5.74, 6) is 0.974. The normalized spacial score (nSPS) is 37.1. The SMILES string of the molecule is CN1C[C@H]2C[C@H]3[C@@H](c4cccc1c42)C(O)CCN3C. The van der Waals surface area contributed by atoms with Gasteiger partial charge in [0.1, 0.15) is 0 Å². The highest BCUT2D eigenvalue weighted by molar-refractivity contribution is 5.64. The molecule has 0 spiro atoms. The zero-order valence-electron chi connectivity index (χ0n) is 11.7. The number of nitrogens with zero attached hydrogens (tertiary/aromatic N) is 2. The van der Waals surface area contributed by atoms with E-state index in [0.717, 1.165) is 19.5 Å². The Morgan fingerprint density at radius 3 is 2.95 bits per heavy atom. The van der Waals surface area contributed by atoms with Crippen molar-refractivity contribution in [1.29, 1.82) is 0 Å². The lowest BCUT2D eigenvalue weighted by Crippen LogP contribution is -2.50. The quantitative estimate of drug-likeness (QED) is 0.768. The Morgan fingerprint density at radius 1 is 1.26 bits per heavy atom. The van der Waals surface area contributed by atoms with E-state index in [4.69, 9.17) is 0 Å². The number of piperidine rings is 1. The average Bonchev–Trinajstić information content (AvgIpc) is 2.73. The molecule has 4 atom stereocenters. The number of likely N-dealkylation sites (tertiary alicyclic amines) is 1. The molecule has 0 aromatic heterocycles. The largest absolute Gasteiger partial charge is 0.392 e. The van der Waals surface area contributed by atoms with Crippen LogP contribution in [-0.4, -0.2) is 49.3 Å². The second-order valence-electron chi connectivity index (χ2n) is 6.52. The Balaban J connectivity index is 1.87. The molecule has 3 heteroatoms. The Kier molecular flexibility index (Phi) is 2.45. The predicted octanol–water partition coefficient (Wildman–Crippen LogP) is 1.77. The first-order valence-corrected chi connectivity index (χ1v) is 7.39. The Morgan fingerprint density at radius 2 is 2.11 bits per heavy atom. The van der Waals surface area contributed by atoms with Crippen LogP contribution in [-0.2, 0) is 0 Å².